The molecule has 0 amide bonds. The van der Waals surface area contributed by atoms with E-state index in [2.05, 4.69) is 24.0 Å². The molecule has 1 aliphatic heterocycles. The second-order valence-corrected chi connectivity index (χ2v) is 5.58. The fourth-order valence-corrected chi connectivity index (χ4v) is 2.72. The third-order valence-electron chi connectivity index (χ3n) is 3.70. The quantitative estimate of drug-likeness (QED) is 0.800. The highest BCUT2D eigenvalue weighted by atomic mass is 32.1. The monoisotopic (exact) mass is 264 g/mol. The molecule has 2 atom stereocenters. The first-order valence-electron chi connectivity index (χ1n) is 6.32. The van der Waals surface area contributed by atoms with Gasteiger partial charge >= 0.3 is 0 Å². The van der Waals surface area contributed by atoms with Gasteiger partial charge in [0, 0.05) is 24.3 Å². The molecule has 0 spiro atoms. The maximum atomic E-state index is 9.75. The van der Waals surface area contributed by atoms with Gasteiger partial charge in [-0.05, 0) is 43.0 Å². The van der Waals surface area contributed by atoms with Gasteiger partial charge in [0.1, 0.15) is 4.99 Å². The van der Waals surface area contributed by atoms with Gasteiger partial charge in [0.25, 0.3) is 0 Å². The largest absolute Gasteiger partial charge is 0.393 e. The van der Waals surface area contributed by atoms with Crippen molar-refractivity contribution in [1.29, 1.82) is 0 Å². The number of aliphatic hydroxyl groups is 1. The van der Waals surface area contributed by atoms with Gasteiger partial charge in [-0.1, -0.05) is 19.1 Å². The summed E-state index contributed by atoms with van der Waals surface area (Å²) in [5.74, 6) is 0.314. The summed E-state index contributed by atoms with van der Waals surface area (Å²) in [4.78, 5) is 2.76. The Morgan fingerprint density at radius 1 is 1.50 bits per heavy atom. The van der Waals surface area contributed by atoms with Gasteiger partial charge in [0.05, 0.1) is 6.10 Å². The molecular weight excluding hydrogens is 244 g/mol. The minimum absolute atomic E-state index is 0.168. The smallest absolute Gasteiger partial charge is 0.104 e. The molecule has 4 heteroatoms. The van der Waals surface area contributed by atoms with Gasteiger partial charge < -0.3 is 15.7 Å². The van der Waals surface area contributed by atoms with Gasteiger partial charge in [0.2, 0.25) is 0 Å². The van der Waals surface area contributed by atoms with Crippen molar-refractivity contribution >= 4 is 22.9 Å². The number of aliphatic hydroxyl groups excluding tert-OH is 1. The van der Waals surface area contributed by atoms with Crippen LogP contribution in [0.25, 0.3) is 0 Å². The highest BCUT2D eigenvalue weighted by molar-refractivity contribution is 7.80. The Bertz CT molecular complexity index is 461. The van der Waals surface area contributed by atoms with E-state index in [9.17, 15) is 5.11 Å². The van der Waals surface area contributed by atoms with Gasteiger partial charge in [-0.25, -0.2) is 0 Å². The summed E-state index contributed by atoms with van der Waals surface area (Å²) in [6, 6.07) is 6.17. The third-order valence-corrected chi connectivity index (χ3v) is 3.92. The maximum Gasteiger partial charge on any atom is 0.104 e. The molecule has 3 N–H and O–H groups in total. The van der Waals surface area contributed by atoms with E-state index in [1.54, 1.807) is 0 Å². The first-order valence-corrected chi connectivity index (χ1v) is 6.73. The number of benzene rings is 1. The molecule has 1 aliphatic rings. The van der Waals surface area contributed by atoms with Crippen molar-refractivity contribution in [1.82, 2.24) is 0 Å². The fourth-order valence-electron chi connectivity index (χ4n) is 2.49. The van der Waals surface area contributed by atoms with Crippen LogP contribution < -0.4 is 10.6 Å². The van der Waals surface area contributed by atoms with Crippen molar-refractivity contribution < 1.29 is 5.11 Å². The van der Waals surface area contributed by atoms with Crippen LogP contribution in [0.5, 0.6) is 0 Å². The van der Waals surface area contributed by atoms with Crippen molar-refractivity contribution in [3.05, 3.63) is 29.3 Å². The zero-order valence-electron chi connectivity index (χ0n) is 10.9. The molecule has 1 aromatic rings. The van der Waals surface area contributed by atoms with Crippen LogP contribution in [-0.2, 0) is 0 Å². The lowest BCUT2D eigenvalue weighted by molar-refractivity contribution is 0.0971. The lowest BCUT2D eigenvalue weighted by Gasteiger charge is -2.36. The second kappa shape index (κ2) is 5.24. The summed E-state index contributed by atoms with van der Waals surface area (Å²) < 4.78 is 0. The average Bonchev–Trinajstić information content (AvgIpc) is 2.32. The topological polar surface area (TPSA) is 49.5 Å². The maximum absolute atomic E-state index is 9.75. The number of anilines is 1. The Balaban J connectivity index is 2.19. The van der Waals surface area contributed by atoms with E-state index in [1.165, 1.54) is 5.69 Å². The minimum atomic E-state index is -0.168. The van der Waals surface area contributed by atoms with E-state index in [0.29, 0.717) is 10.9 Å². The van der Waals surface area contributed by atoms with Gasteiger partial charge in [0.15, 0.2) is 0 Å². The second-order valence-electron chi connectivity index (χ2n) is 5.14. The molecule has 1 heterocycles. The predicted molar refractivity (Wildman–Crippen MR) is 79.1 cm³/mol. The molecule has 1 saturated heterocycles. The molecule has 1 aromatic carbocycles. The van der Waals surface area contributed by atoms with Crippen LogP contribution in [0.3, 0.4) is 0 Å². The number of hydrogen-bond acceptors (Lipinski definition) is 3. The summed E-state index contributed by atoms with van der Waals surface area (Å²) in [5.41, 5.74) is 8.91. The Hall–Kier alpha value is -1.13. The molecule has 2 rings (SSSR count). The molecule has 0 aliphatic carbocycles. The molecule has 0 bridgehead atoms. The summed E-state index contributed by atoms with van der Waals surface area (Å²) in [6.45, 7) is 5.91. The number of piperidine rings is 1. The molecule has 3 nitrogen and oxygen atoms in total. The first-order chi connectivity index (χ1) is 8.49. The highest BCUT2D eigenvalue weighted by Gasteiger charge is 2.24. The van der Waals surface area contributed by atoms with Gasteiger partial charge in [-0.3, -0.25) is 0 Å². The van der Waals surface area contributed by atoms with Crippen molar-refractivity contribution in [3.63, 3.8) is 0 Å². The normalized spacial score (nSPS) is 24.1. The van der Waals surface area contributed by atoms with E-state index in [4.69, 9.17) is 18.0 Å². The summed E-state index contributed by atoms with van der Waals surface area (Å²) in [6.07, 6.45) is 0.662. The first kappa shape index (κ1) is 13.3. The number of nitrogens with zero attached hydrogens (tertiary/aromatic N) is 1. The third kappa shape index (κ3) is 2.65. The number of rotatable bonds is 2. The molecule has 18 heavy (non-hydrogen) atoms. The molecule has 0 saturated carbocycles. The Morgan fingerprint density at radius 2 is 2.22 bits per heavy atom. The molecule has 0 aromatic heterocycles. The zero-order valence-corrected chi connectivity index (χ0v) is 11.7. The molecule has 1 fully saturated rings. The minimum Gasteiger partial charge on any atom is -0.393 e. The molecule has 0 radical (unpaired) electrons. The van der Waals surface area contributed by atoms with Gasteiger partial charge in [-0.2, -0.15) is 0 Å². The van der Waals surface area contributed by atoms with Crippen molar-refractivity contribution in [2.75, 3.05) is 18.0 Å². The lowest BCUT2D eigenvalue weighted by Crippen LogP contribution is -2.42. The summed E-state index contributed by atoms with van der Waals surface area (Å²) in [7, 11) is 0. The Morgan fingerprint density at radius 3 is 2.78 bits per heavy atom. The number of hydrogen-bond donors (Lipinski definition) is 2. The zero-order chi connectivity index (χ0) is 13.3. The van der Waals surface area contributed by atoms with E-state index >= 15 is 0 Å². The Kier molecular flexibility index (Phi) is 3.88. The van der Waals surface area contributed by atoms with Crippen LogP contribution in [0.15, 0.2) is 18.2 Å². The number of thiocarbonyl (C=S) groups is 1. The van der Waals surface area contributed by atoms with Crippen molar-refractivity contribution in [3.8, 4) is 0 Å². The molecule has 98 valence electrons. The van der Waals surface area contributed by atoms with E-state index in [0.717, 1.165) is 30.6 Å². The number of nitrogens with two attached hydrogens (primary N) is 1. The number of aryl methyl sites for hydroxylation is 1. The summed E-state index contributed by atoms with van der Waals surface area (Å²) in [5, 5.41) is 9.75. The fraction of sp³-hybridized carbons (Fsp3) is 0.500. The summed E-state index contributed by atoms with van der Waals surface area (Å²) >= 11 is 5.01. The molecule has 2 unspecified atom stereocenters. The van der Waals surface area contributed by atoms with Crippen molar-refractivity contribution in [2.24, 2.45) is 11.7 Å². The Labute approximate surface area is 114 Å². The van der Waals surface area contributed by atoms with Crippen LogP contribution in [0.2, 0.25) is 0 Å². The SMILES string of the molecule is Cc1cc(N2CCC(O)C(C)C2)ccc1C(N)=S. The standard InChI is InChI=1S/C14H20N2OS/c1-9-7-11(3-4-12(9)14(15)18)16-6-5-13(17)10(2)8-16/h3-4,7,10,13,17H,5-6,8H2,1-2H3,(H2,15,18). The average molecular weight is 264 g/mol. The highest BCUT2D eigenvalue weighted by Crippen LogP contribution is 2.25. The van der Waals surface area contributed by atoms with Gasteiger partial charge in [-0.15, -0.1) is 0 Å². The lowest BCUT2D eigenvalue weighted by atomic mass is 9.96. The van der Waals surface area contributed by atoms with E-state index < -0.39 is 0 Å². The van der Waals surface area contributed by atoms with E-state index in [-0.39, 0.29) is 6.10 Å². The van der Waals surface area contributed by atoms with Crippen LogP contribution in [0.1, 0.15) is 24.5 Å². The molecular formula is C14H20N2OS. The van der Waals surface area contributed by atoms with Crippen LogP contribution >= 0.6 is 12.2 Å². The predicted octanol–water partition coefficient (Wildman–Crippen LogP) is 1.84. The van der Waals surface area contributed by atoms with Crippen LogP contribution in [0.4, 0.5) is 5.69 Å². The van der Waals surface area contributed by atoms with Crippen LogP contribution in [-0.4, -0.2) is 29.3 Å². The van der Waals surface area contributed by atoms with E-state index in [1.807, 2.05) is 13.0 Å². The van der Waals surface area contributed by atoms with Crippen molar-refractivity contribution in [2.45, 2.75) is 26.4 Å². The van der Waals surface area contributed by atoms with Crippen LogP contribution in [0, 0.1) is 12.8 Å².